The first-order valence-electron chi connectivity index (χ1n) is 12.3. The molecular weight excluding hydrogens is 455 g/mol. The normalized spacial score (nSPS) is 16.0. The summed E-state index contributed by atoms with van der Waals surface area (Å²) < 4.78 is 13.2. The van der Waals surface area contributed by atoms with Crippen LogP contribution in [0.25, 0.3) is 0 Å². The summed E-state index contributed by atoms with van der Waals surface area (Å²) in [5.41, 5.74) is 2.93. The van der Waals surface area contributed by atoms with Crippen molar-refractivity contribution in [2.45, 2.75) is 31.4 Å². The smallest absolute Gasteiger partial charge is 0.319 e. The van der Waals surface area contributed by atoms with Gasteiger partial charge < -0.3 is 20.6 Å². The lowest BCUT2D eigenvalue weighted by atomic mass is 9.90. The van der Waals surface area contributed by atoms with E-state index in [9.17, 15) is 14.3 Å². The van der Waals surface area contributed by atoms with Gasteiger partial charge in [0.2, 0.25) is 0 Å². The molecular formula is C29H31FN4O2. The molecule has 0 bridgehead atoms. The van der Waals surface area contributed by atoms with Crippen molar-refractivity contribution in [1.82, 2.24) is 10.2 Å². The van der Waals surface area contributed by atoms with Gasteiger partial charge in [0.25, 0.3) is 0 Å². The lowest BCUT2D eigenvalue weighted by Gasteiger charge is -2.35. The minimum Gasteiger partial charge on any atom is -0.389 e. The summed E-state index contributed by atoms with van der Waals surface area (Å²) in [5, 5.41) is 25.9. The highest BCUT2D eigenvalue weighted by Gasteiger charge is 2.27. The molecule has 2 atom stereocenters. The minimum absolute atomic E-state index is 0.214. The molecule has 0 spiro atoms. The van der Waals surface area contributed by atoms with Crippen LogP contribution in [0, 0.1) is 23.1 Å². The van der Waals surface area contributed by atoms with Crippen molar-refractivity contribution in [2.24, 2.45) is 5.92 Å². The number of nitrogens with zero attached hydrogens (tertiary/aromatic N) is 2. The molecule has 6 nitrogen and oxygen atoms in total. The number of nitriles is 1. The highest BCUT2D eigenvalue weighted by molar-refractivity contribution is 5.89. The molecule has 1 heterocycles. The van der Waals surface area contributed by atoms with Gasteiger partial charge in [0.05, 0.1) is 23.8 Å². The topological polar surface area (TPSA) is 88.4 Å². The number of aliphatic hydroxyl groups is 1. The standard InChI is InChI=1S/C29H31FN4O2/c30-25-11-9-21(10-12-25)17-22-13-15-34(16-14-22)20-27(35)28(24-6-2-1-3-7-24)33-29(36)32-26-8-4-5-23(18-26)19-31/h1-12,18,22,27-28,35H,13-17,20H2,(H2,32,33,36). The van der Waals surface area contributed by atoms with Crippen LogP contribution >= 0.6 is 0 Å². The van der Waals surface area contributed by atoms with Crippen molar-refractivity contribution in [2.75, 3.05) is 25.0 Å². The monoisotopic (exact) mass is 486 g/mol. The average Bonchev–Trinajstić information content (AvgIpc) is 2.90. The first-order chi connectivity index (χ1) is 17.5. The molecule has 1 aliphatic rings. The Morgan fingerprint density at radius 2 is 1.78 bits per heavy atom. The van der Waals surface area contributed by atoms with E-state index in [4.69, 9.17) is 5.26 Å². The Balaban J connectivity index is 1.34. The van der Waals surface area contributed by atoms with Crippen molar-refractivity contribution in [3.8, 4) is 6.07 Å². The molecule has 0 aliphatic carbocycles. The van der Waals surface area contributed by atoms with E-state index < -0.39 is 18.2 Å². The van der Waals surface area contributed by atoms with Crippen LogP contribution in [0.4, 0.5) is 14.9 Å². The number of β-amino-alcohol motifs (C(OH)–C–C–N with tert-alkyl or cyclic N) is 1. The molecule has 3 aromatic carbocycles. The Hall–Kier alpha value is -3.73. The molecule has 36 heavy (non-hydrogen) atoms. The van der Waals surface area contributed by atoms with E-state index in [1.807, 2.05) is 42.5 Å². The first-order valence-corrected chi connectivity index (χ1v) is 12.3. The Bertz CT molecular complexity index is 1170. The zero-order chi connectivity index (χ0) is 25.3. The lowest BCUT2D eigenvalue weighted by Crippen LogP contribution is -2.46. The van der Waals surface area contributed by atoms with Crippen LogP contribution in [0.5, 0.6) is 0 Å². The van der Waals surface area contributed by atoms with Crippen molar-refractivity contribution in [1.29, 1.82) is 5.26 Å². The number of benzene rings is 3. The van der Waals surface area contributed by atoms with Crippen molar-refractivity contribution in [3.05, 3.63) is 101 Å². The molecule has 3 aromatic rings. The van der Waals surface area contributed by atoms with Gasteiger partial charge in [-0.1, -0.05) is 48.5 Å². The number of hydrogen-bond acceptors (Lipinski definition) is 4. The second-order valence-electron chi connectivity index (χ2n) is 9.32. The summed E-state index contributed by atoms with van der Waals surface area (Å²) in [6.07, 6.45) is 2.13. The lowest BCUT2D eigenvalue weighted by molar-refractivity contribution is 0.0657. The number of hydrogen-bond donors (Lipinski definition) is 3. The molecule has 1 aliphatic heterocycles. The van der Waals surface area contributed by atoms with Gasteiger partial charge in [0.15, 0.2) is 0 Å². The Labute approximate surface area is 211 Å². The maximum absolute atomic E-state index is 13.2. The predicted octanol–water partition coefficient (Wildman–Crippen LogP) is 4.88. The molecule has 4 rings (SSSR count). The number of anilines is 1. The van der Waals surface area contributed by atoms with E-state index in [2.05, 4.69) is 21.6 Å². The molecule has 2 unspecified atom stereocenters. The van der Waals surface area contributed by atoms with E-state index in [1.54, 1.807) is 24.3 Å². The average molecular weight is 487 g/mol. The molecule has 186 valence electrons. The number of amides is 2. The van der Waals surface area contributed by atoms with Crippen LogP contribution in [0.3, 0.4) is 0 Å². The number of rotatable bonds is 8. The first kappa shape index (κ1) is 25.4. The second-order valence-corrected chi connectivity index (χ2v) is 9.32. The maximum Gasteiger partial charge on any atom is 0.319 e. The number of aliphatic hydroxyl groups excluding tert-OH is 1. The highest BCUT2D eigenvalue weighted by Crippen LogP contribution is 2.24. The summed E-state index contributed by atoms with van der Waals surface area (Å²) in [5.74, 6) is 0.315. The number of nitrogens with one attached hydrogen (secondary N) is 2. The van der Waals surface area contributed by atoms with Crippen molar-refractivity contribution >= 4 is 11.7 Å². The van der Waals surface area contributed by atoms with E-state index >= 15 is 0 Å². The Kier molecular flexibility index (Phi) is 8.66. The second kappa shape index (κ2) is 12.3. The van der Waals surface area contributed by atoms with Gasteiger partial charge in [-0.15, -0.1) is 0 Å². The van der Waals surface area contributed by atoms with Crippen LogP contribution in [-0.4, -0.2) is 41.8 Å². The number of carbonyl (C=O) groups excluding carboxylic acids is 1. The fourth-order valence-corrected chi connectivity index (χ4v) is 4.73. The highest BCUT2D eigenvalue weighted by atomic mass is 19.1. The molecule has 1 fully saturated rings. The molecule has 1 saturated heterocycles. The van der Waals surface area contributed by atoms with Gasteiger partial charge in [0, 0.05) is 12.2 Å². The summed E-state index contributed by atoms with van der Waals surface area (Å²) >= 11 is 0. The molecule has 0 saturated carbocycles. The SMILES string of the molecule is N#Cc1cccc(NC(=O)NC(c2ccccc2)C(O)CN2CCC(Cc3ccc(F)cc3)CC2)c1. The van der Waals surface area contributed by atoms with Crippen LogP contribution in [0.2, 0.25) is 0 Å². The zero-order valence-electron chi connectivity index (χ0n) is 20.1. The van der Waals surface area contributed by atoms with Gasteiger partial charge in [0.1, 0.15) is 5.82 Å². The molecule has 0 radical (unpaired) electrons. The van der Waals surface area contributed by atoms with Gasteiger partial charge in [-0.25, -0.2) is 9.18 Å². The van der Waals surface area contributed by atoms with Crippen LogP contribution in [0.15, 0.2) is 78.9 Å². The van der Waals surface area contributed by atoms with Gasteiger partial charge in [-0.05, 0) is 79.7 Å². The third kappa shape index (κ3) is 7.14. The fraction of sp³-hybridized carbons (Fsp3) is 0.310. The van der Waals surface area contributed by atoms with Crippen LogP contribution < -0.4 is 10.6 Å². The van der Waals surface area contributed by atoms with E-state index in [-0.39, 0.29) is 5.82 Å². The summed E-state index contributed by atoms with van der Waals surface area (Å²) in [6, 6.07) is 23.9. The Morgan fingerprint density at radius 1 is 1.06 bits per heavy atom. The van der Waals surface area contributed by atoms with Gasteiger partial charge in [-0.3, -0.25) is 0 Å². The third-order valence-electron chi connectivity index (χ3n) is 6.67. The number of piperidine rings is 1. The van der Waals surface area contributed by atoms with Crippen LogP contribution in [-0.2, 0) is 6.42 Å². The molecule has 0 aromatic heterocycles. The Morgan fingerprint density at radius 3 is 2.47 bits per heavy atom. The van der Waals surface area contributed by atoms with Gasteiger partial charge in [-0.2, -0.15) is 5.26 Å². The molecule has 2 amide bonds. The maximum atomic E-state index is 13.2. The quantitative estimate of drug-likeness (QED) is 0.424. The third-order valence-corrected chi connectivity index (χ3v) is 6.67. The predicted molar refractivity (Wildman–Crippen MR) is 138 cm³/mol. The van der Waals surface area contributed by atoms with Crippen molar-refractivity contribution in [3.63, 3.8) is 0 Å². The van der Waals surface area contributed by atoms with E-state index in [0.717, 1.165) is 43.5 Å². The van der Waals surface area contributed by atoms with E-state index in [0.29, 0.717) is 23.7 Å². The summed E-state index contributed by atoms with van der Waals surface area (Å²) in [6.45, 7) is 2.15. The van der Waals surface area contributed by atoms with Gasteiger partial charge >= 0.3 is 6.03 Å². The minimum atomic E-state index is -0.808. The number of urea groups is 1. The number of likely N-dealkylation sites (tertiary alicyclic amines) is 1. The van der Waals surface area contributed by atoms with Crippen LogP contribution in [0.1, 0.15) is 35.6 Å². The molecule has 7 heteroatoms. The largest absolute Gasteiger partial charge is 0.389 e. The zero-order valence-corrected chi connectivity index (χ0v) is 20.1. The number of carbonyl (C=O) groups is 1. The summed E-state index contributed by atoms with van der Waals surface area (Å²) in [7, 11) is 0. The fourth-order valence-electron chi connectivity index (χ4n) is 4.73. The number of halogens is 1. The van der Waals surface area contributed by atoms with Crippen molar-refractivity contribution < 1.29 is 14.3 Å². The summed E-state index contributed by atoms with van der Waals surface area (Å²) in [4.78, 5) is 15.0. The molecule has 3 N–H and O–H groups in total. The van der Waals surface area contributed by atoms with E-state index in [1.165, 1.54) is 12.1 Å².